The first kappa shape index (κ1) is 10.6. The lowest BCUT2D eigenvalue weighted by atomic mass is 10.2. The number of hydrogen-bond acceptors (Lipinski definition) is 2. The predicted octanol–water partition coefficient (Wildman–Crippen LogP) is 3.63. The monoisotopic (exact) mass is 436 g/mol. The number of halogens is 2. The summed E-state index contributed by atoms with van der Waals surface area (Å²) in [5, 5.41) is 12.1. The molecule has 3 rings (SSSR count). The summed E-state index contributed by atoms with van der Waals surface area (Å²) in [5.74, 6) is 0.353. The molecule has 2 heterocycles. The Bertz CT molecular complexity index is 706. The molecule has 0 atom stereocenters. The van der Waals surface area contributed by atoms with E-state index in [1.165, 1.54) is 0 Å². The number of phenols is 1. The molecule has 80 valence electrons. The fourth-order valence-electron chi connectivity index (χ4n) is 1.83. The van der Waals surface area contributed by atoms with Crippen LogP contribution in [0.5, 0.6) is 5.75 Å². The van der Waals surface area contributed by atoms with Gasteiger partial charge in [-0.1, -0.05) is 0 Å². The number of phenolic OH excluding ortho intramolecular Hbond substituents is 1. The number of aromatic hydroxyl groups is 1. The zero-order valence-electron chi connectivity index (χ0n) is 7.96. The first-order valence-electron chi connectivity index (χ1n) is 4.61. The molecule has 0 spiro atoms. The maximum Gasteiger partial charge on any atom is 0.142 e. The molecule has 3 aromatic rings. The first-order chi connectivity index (χ1) is 7.68. The minimum atomic E-state index is 0.353. The molecule has 1 aromatic carbocycles. The third-order valence-corrected chi connectivity index (χ3v) is 4.43. The van der Waals surface area contributed by atoms with Gasteiger partial charge in [0.05, 0.1) is 18.9 Å². The van der Waals surface area contributed by atoms with Crippen LogP contribution in [0.2, 0.25) is 0 Å². The van der Waals surface area contributed by atoms with Gasteiger partial charge < -0.3 is 10.1 Å². The highest BCUT2D eigenvalue weighted by molar-refractivity contribution is 14.1. The van der Waals surface area contributed by atoms with Crippen LogP contribution in [0.3, 0.4) is 0 Å². The summed E-state index contributed by atoms with van der Waals surface area (Å²) in [6.07, 6.45) is 3.57. The van der Waals surface area contributed by atoms with Gasteiger partial charge in [0.15, 0.2) is 0 Å². The van der Waals surface area contributed by atoms with Gasteiger partial charge in [0.2, 0.25) is 0 Å². The van der Waals surface area contributed by atoms with Crippen LogP contribution >= 0.6 is 45.2 Å². The summed E-state index contributed by atoms with van der Waals surface area (Å²) in [6.45, 7) is 0. The van der Waals surface area contributed by atoms with Crippen molar-refractivity contribution in [1.82, 2.24) is 9.97 Å². The summed E-state index contributed by atoms with van der Waals surface area (Å²) >= 11 is 4.31. The molecule has 3 nitrogen and oxygen atoms in total. The minimum absolute atomic E-state index is 0.353. The second-order valence-electron chi connectivity index (χ2n) is 3.49. The van der Waals surface area contributed by atoms with Gasteiger partial charge in [-0.15, -0.1) is 0 Å². The number of aromatic nitrogens is 2. The average Bonchev–Trinajstić information content (AvgIpc) is 2.64. The number of pyridine rings is 1. The second-order valence-corrected chi connectivity index (χ2v) is 5.73. The van der Waals surface area contributed by atoms with Crippen LogP contribution in [0.1, 0.15) is 0 Å². The molecule has 0 fully saturated rings. The second kappa shape index (κ2) is 3.73. The van der Waals surface area contributed by atoms with E-state index in [1.807, 2.05) is 12.1 Å². The number of nitrogens with zero attached hydrogens (tertiary/aromatic N) is 1. The van der Waals surface area contributed by atoms with Crippen molar-refractivity contribution >= 4 is 67.0 Å². The highest BCUT2D eigenvalue weighted by Gasteiger charge is 2.13. The maximum absolute atomic E-state index is 9.94. The SMILES string of the molecule is Oc1c(I)cc2[nH]c3cnccc3c2c1I. The minimum Gasteiger partial charge on any atom is -0.506 e. The molecule has 0 saturated carbocycles. The highest BCUT2D eigenvalue weighted by atomic mass is 127. The Morgan fingerprint density at radius 1 is 1.25 bits per heavy atom. The number of H-pyrrole nitrogens is 1. The number of hydrogen-bond donors (Lipinski definition) is 2. The molecule has 0 unspecified atom stereocenters. The third kappa shape index (κ3) is 1.41. The molecule has 0 radical (unpaired) electrons. The Balaban J connectivity index is 2.62. The highest BCUT2D eigenvalue weighted by Crippen LogP contribution is 2.36. The largest absolute Gasteiger partial charge is 0.506 e. The van der Waals surface area contributed by atoms with Gasteiger partial charge in [-0.05, 0) is 57.3 Å². The van der Waals surface area contributed by atoms with Crippen molar-refractivity contribution in [3.63, 3.8) is 0 Å². The number of fused-ring (bicyclic) bond motifs is 3. The van der Waals surface area contributed by atoms with Crippen molar-refractivity contribution in [3.8, 4) is 5.75 Å². The Labute approximate surface area is 119 Å². The predicted molar refractivity (Wildman–Crippen MR) is 80.7 cm³/mol. The van der Waals surface area contributed by atoms with E-state index in [-0.39, 0.29) is 0 Å². The molecular formula is C11H6I2N2O. The first-order valence-corrected chi connectivity index (χ1v) is 6.76. The molecule has 16 heavy (non-hydrogen) atoms. The van der Waals surface area contributed by atoms with Crippen LogP contribution in [-0.4, -0.2) is 15.1 Å². The van der Waals surface area contributed by atoms with Gasteiger partial charge in [-0.3, -0.25) is 4.98 Å². The normalized spacial score (nSPS) is 11.4. The van der Waals surface area contributed by atoms with Crippen molar-refractivity contribution < 1.29 is 5.11 Å². The van der Waals surface area contributed by atoms with Crippen LogP contribution in [-0.2, 0) is 0 Å². The standard InChI is InChI=1S/C11H6I2N2O/c12-6-3-7-9(10(13)11(6)16)5-1-2-14-4-8(5)15-7/h1-4,15-16H. The molecule has 0 aliphatic carbocycles. The van der Waals surface area contributed by atoms with Crippen molar-refractivity contribution in [2.24, 2.45) is 0 Å². The van der Waals surface area contributed by atoms with E-state index in [4.69, 9.17) is 0 Å². The molecule has 0 aliphatic rings. The van der Waals surface area contributed by atoms with E-state index < -0.39 is 0 Å². The number of rotatable bonds is 0. The zero-order chi connectivity index (χ0) is 11.3. The van der Waals surface area contributed by atoms with Crippen molar-refractivity contribution in [1.29, 1.82) is 0 Å². The van der Waals surface area contributed by atoms with Crippen molar-refractivity contribution in [2.75, 3.05) is 0 Å². The third-order valence-electron chi connectivity index (χ3n) is 2.55. The summed E-state index contributed by atoms with van der Waals surface area (Å²) < 4.78 is 1.74. The Hall–Kier alpha value is -0.570. The van der Waals surface area contributed by atoms with E-state index in [9.17, 15) is 5.11 Å². The fourth-order valence-corrected chi connectivity index (χ4v) is 3.80. The smallest absolute Gasteiger partial charge is 0.142 e. The Kier molecular flexibility index (Phi) is 2.46. The van der Waals surface area contributed by atoms with E-state index >= 15 is 0 Å². The molecule has 2 aromatic heterocycles. The number of aromatic amines is 1. The lowest BCUT2D eigenvalue weighted by Gasteiger charge is -2.02. The summed E-state index contributed by atoms with van der Waals surface area (Å²) in [6, 6.07) is 3.91. The summed E-state index contributed by atoms with van der Waals surface area (Å²) in [5.41, 5.74) is 2.03. The number of nitrogens with one attached hydrogen (secondary N) is 1. The Morgan fingerprint density at radius 3 is 2.88 bits per heavy atom. The van der Waals surface area contributed by atoms with Gasteiger partial charge in [0, 0.05) is 22.5 Å². The van der Waals surface area contributed by atoms with E-state index in [0.717, 1.165) is 28.9 Å². The molecule has 0 bridgehead atoms. The van der Waals surface area contributed by atoms with Gasteiger partial charge in [0.1, 0.15) is 5.75 Å². The van der Waals surface area contributed by atoms with Gasteiger partial charge in [-0.2, -0.15) is 0 Å². The van der Waals surface area contributed by atoms with Crippen LogP contribution < -0.4 is 0 Å². The Morgan fingerprint density at radius 2 is 2.06 bits per heavy atom. The molecule has 0 saturated heterocycles. The maximum atomic E-state index is 9.94. The van der Waals surface area contributed by atoms with Crippen LogP contribution in [0.25, 0.3) is 21.8 Å². The van der Waals surface area contributed by atoms with E-state index in [0.29, 0.717) is 5.75 Å². The van der Waals surface area contributed by atoms with E-state index in [2.05, 4.69) is 55.1 Å². The van der Waals surface area contributed by atoms with Crippen LogP contribution in [0.15, 0.2) is 24.5 Å². The molecule has 0 amide bonds. The quantitative estimate of drug-likeness (QED) is 0.530. The topological polar surface area (TPSA) is 48.9 Å². The van der Waals surface area contributed by atoms with Crippen molar-refractivity contribution in [3.05, 3.63) is 31.7 Å². The van der Waals surface area contributed by atoms with Crippen molar-refractivity contribution in [2.45, 2.75) is 0 Å². The molecule has 2 N–H and O–H groups in total. The van der Waals surface area contributed by atoms with Gasteiger partial charge >= 0.3 is 0 Å². The summed E-state index contributed by atoms with van der Waals surface area (Å²) in [4.78, 5) is 7.39. The lowest BCUT2D eigenvalue weighted by Crippen LogP contribution is -1.81. The molecule has 0 aliphatic heterocycles. The van der Waals surface area contributed by atoms with Crippen LogP contribution in [0.4, 0.5) is 0 Å². The fraction of sp³-hybridized carbons (Fsp3) is 0. The molecular weight excluding hydrogens is 430 g/mol. The average molecular weight is 436 g/mol. The number of benzene rings is 1. The lowest BCUT2D eigenvalue weighted by molar-refractivity contribution is 0.469. The zero-order valence-corrected chi connectivity index (χ0v) is 12.3. The van der Waals surface area contributed by atoms with E-state index in [1.54, 1.807) is 12.4 Å². The summed E-state index contributed by atoms with van der Waals surface area (Å²) in [7, 11) is 0. The van der Waals surface area contributed by atoms with Crippen LogP contribution in [0, 0.1) is 7.14 Å². The van der Waals surface area contributed by atoms with Gasteiger partial charge in [0.25, 0.3) is 0 Å². The van der Waals surface area contributed by atoms with Gasteiger partial charge in [-0.25, -0.2) is 0 Å². The molecule has 5 heteroatoms.